The Bertz CT molecular complexity index is 663. The van der Waals surface area contributed by atoms with E-state index >= 15 is 0 Å². The van der Waals surface area contributed by atoms with Gasteiger partial charge in [0.2, 0.25) is 5.91 Å². The first-order valence-electron chi connectivity index (χ1n) is 6.24. The summed E-state index contributed by atoms with van der Waals surface area (Å²) in [5, 5.41) is 6.93. The SMILES string of the molecule is Cc1cc(F)ccc1NC(=O)Cn1nc(C)c(N)c1C. The molecule has 0 aliphatic carbocycles. The standard InChI is InChI=1S/C14H17FN4O/c1-8-6-11(15)4-5-12(8)17-13(20)7-19-10(3)14(16)9(2)18-19/h4-6H,7,16H2,1-3H3,(H,17,20). The quantitative estimate of drug-likeness (QED) is 0.902. The van der Waals surface area contributed by atoms with Gasteiger partial charge in [0.05, 0.1) is 17.1 Å². The highest BCUT2D eigenvalue weighted by Gasteiger charge is 2.12. The second-order valence-corrected chi connectivity index (χ2v) is 4.75. The summed E-state index contributed by atoms with van der Waals surface area (Å²) in [5.74, 6) is -0.558. The van der Waals surface area contributed by atoms with Crippen molar-refractivity contribution in [3.8, 4) is 0 Å². The summed E-state index contributed by atoms with van der Waals surface area (Å²) in [6, 6.07) is 4.22. The van der Waals surface area contributed by atoms with E-state index < -0.39 is 0 Å². The first-order chi connectivity index (χ1) is 9.38. The number of nitrogens with zero attached hydrogens (tertiary/aromatic N) is 2. The molecule has 6 heteroatoms. The maximum Gasteiger partial charge on any atom is 0.246 e. The second kappa shape index (κ2) is 5.32. The van der Waals surface area contributed by atoms with Crippen LogP contribution in [0.2, 0.25) is 0 Å². The number of aromatic nitrogens is 2. The normalized spacial score (nSPS) is 10.6. The van der Waals surface area contributed by atoms with Gasteiger partial charge in [-0.1, -0.05) is 0 Å². The van der Waals surface area contributed by atoms with Gasteiger partial charge in [0, 0.05) is 5.69 Å². The number of rotatable bonds is 3. The number of benzene rings is 1. The molecule has 1 aromatic heterocycles. The number of amides is 1. The van der Waals surface area contributed by atoms with E-state index in [4.69, 9.17) is 5.73 Å². The highest BCUT2D eigenvalue weighted by Crippen LogP contribution is 2.17. The van der Waals surface area contributed by atoms with Crippen molar-refractivity contribution in [2.24, 2.45) is 0 Å². The molecular formula is C14H17FN4O. The Balaban J connectivity index is 2.11. The zero-order chi connectivity index (χ0) is 14.9. The molecule has 0 saturated carbocycles. The molecular weight excluding hydrogens is 259 g/mol. The Labute approximate surface area is 116 Å². The van der Waals surface area contributed by atoms with E-state index in [1.54, 1.807) is 18.5 Å². The number of halogens is 1. The molecule has 1 heterocycles. The maximum atomic E-state index is 13.0. The number of nitrogen functional groups attached to an aromatic ring is 1. The van der Waals surface area contributed by atoms with Crippen LogP contribution in [-0.2, 0) is 11.3 Å². The smallest absolute Gasteiger partial charge is 0.246 e. The summed E-state index contributed by atoms with van der Waals surface area (Å²) < 4.78 is 14.5. The van der Waals surface area contributed by atoms with E-state index in [9.17, 15) is 9.18 Å². The van der Waals surface area contributed by atoms with E-state index in [0.29, 0.717) is 22.6 Å². The number of nitrogens with two attached hydrogens (primary N) is 1. The molecule has 2 aromatic rings. The molecule has 2 rings (SSSR count). The van der Waals surface area contributed by atoms with Crippen molar-refractivity contribution in [3.63, 3.8) is 0 Å². The summed E-state index contributed by atoms with van der Waals surface area (Å²) >= 11 is 0. The minimum absolute atomic E-state index is 0.0701. The van der Waals surface area contributed by atoms with Crippen molar-refractivity contribution in [3.05, 3.63) is 41.0 Å². The molecule has 0 aliphatic rings. The number of carbonyl (C=O) groups is 1. The molecule has 0 bridgehead atoms. The molecule has 0 fully saturated rings. The fraction of sp³-hybridized carbons (Fsp3) is 0.286. The first kappa shape index (κ1) is 14.0. The Hall–Kier alpha value is -2.37. The maximum absolute atomic E-state index is 13.0. The van der Waals surface area contributed by atoms with Gasteiger partial charge < -0.3 is 11.1 Å². The zero-order valence-electron chi connectivity index (χ0n) is 11.7. The van der Waals surface area contributed by atoms with Crippen LogP contribution in [0.1, 0.15) is 17.0 Å². The van der Waals surface area contributed by atoms with Crippen LogP contribution >= 0.6 is 0 Å². The minimum Gasteiger partial charge on any atom is -0.396 e. The van der Waals surface area contributed by atoms with Crippen LogP contribution in [0, 0.1) is 26.6 Å². The Kier molecular flexibility index (Phi) is 3.74. The molecule has 1 amide bonds. The van der Waals surface area contributed by atoms with Crippen molar-refractivity contribution in [1.29, 1.82) is 0 Å². The van der Waals surface area contributed by atoms with E-state index in [0.717, 1.165) is 5.69 Å². The zero-order valence-corrected chi connectivity index (χ0v) is 11.7. The molecule has 106 valence electrons. The minimum atomic E-state index is -0.327. The van der Waals surface area contributed by atoms with Gasteiger partial charge in [-0.2, -0.15) is 5.10 Å². The van der Waals surface area contributed by atoms with Crippen LogP contribution < -0.4 is 11.1 Å². The predicted octanol–water partition coefficient (Wildman–Crippen LogP) is 2.17. The molecule has 0 aliphatic heterocycles. The van der Waals surface area contributed by atoms with Crippen molar-refractivity contribution in [1.82, 2.24) is 9.78 Å². The van der Waals surface area contributed by atoms with Gasteiger partial charge in [-0.15, -0.1) is 0 Å². The number of nitrogens with one attached hydrogen (secondary N) is 1. The lowest BCUT2D eigenvalue weighted by Gasteiger charge is -2.09. The van der Waals surface area contributed by atoms with Crippen LogP contribution in [0.15, 0.2) is 18.2 Å². The van der Waals surface area contributed by atoms with E-state index in [-0.39, 0.29) is 18.3 Å². The highest BCUT2D eigenvalue weighted by atomic mass is 19.1. The molecule has 1 aromatic carbocycles. The number of hydrogen-bond donors (Lipinski definition) is 2. The number of hydrogen-bond acceptors (Lipinski definition) is 3. The van der Waals surface area contributed by atoms with Crippen LogP contribution in [0.4, 0.5) is 15.8 Å². The summed E-state index contributed by atoms with van der Waals surface area (Å²) in [5.41, 5.74) is 9.13. The van der Waals surface area contributed by atoms with Gasteiger partial charge in [-0.05, 0) is 44.5 Å². The summed E-state index contributed by atoms with van der Waals surface area (Å²) in [6.07, 6.45) is 0. The third-order valence-corrected chi connectivity index (χ3v) is 3.19. The third-order valence-electron chi connectivity index (χ3n) is 3.19. The van der Waals surface area contributed by atoms with Crippen molar-refractivity contribution in [2.45, 2.75) is 27.3 Å². The van der Waals surface area contributed by atoms with E-state index in [1.165, 1.54) is 18.2 Å². The van der Waals surface area contributed by atoms with E-state index in [1.807, 2.05) is 6.92 Å². The van der Waals surface area contributed by atoms with Crippen molar-refractivity contribution < 1.29 is 9.18 Å². The van der Waals surface area contributed by atoms with Crippen LogP contribution in [0.3, 0.4) is 0 Å². The van der Waals surface area contributed by atoms with Crippen molar-refractivity contribution in [2.75, 3.05) is 11.1 Å². The van der Waals surface area contributed by atoms with Crippen LogP contribution in [0.5, 0.6) is 0 Å². The highest BCUT2D eigenvalue weighted by molar-refractivity contribution is 5.91. The number of anilines is 2. The van der Waals surface area contributed by atoms with Gasteiger partial charge in [0.15, 0.2) is 0 Å². The number of aryl methyl sites for hydroxylation is 2. The average Bonchev–Trinajstić information content (AvgIpc) is 2.61. The molecule has 3 N–H and O–H groups in total. The predicted molar refractivity (Wildman–Crippen MR) is 75.9 cm³/mol. The van der Waals surface area contributed by atoms with Gasteiger partial charge in [-0.25, -0.2) is 4.39 Å². The topological polar surface area (TPSA) is 72.9 Å². The molecule has 0 unspecified atom stereocenters. The summed E-state index contributed by atoms with van der Waals surface area (Å²) in [4.78, 5) is 12.0. The molecule has 20 heavy (non-hydrogen) atoms. The van der Waals surface area contributed by atoms with Gasteiger partial charge in [-0.3, -0.25) is 9.48 Å². The molecule has 0 saturated heterocycles. The first-order valence-corrected chi connectivity index (χ1v) is 6.24. The monoisotopic (exact) mass is 276 g/mol. The van der Waals surface area contributed by atoms with Crippen LogP contribution in [-0.4, -0.2) is 15.7 Å². The number of carbonyl (C=O) groups excluding carboxylic acids is 1. The summed E-state index contributed by atoms with van der Waals surface area (Å²) in [6.45, 7) is 5.41. The lowest BCUT2D eigenvalue weighted by Crippen LogP contribution is -2.20. The second-order valence-electron chi connectivity index (χ2n) is 4.75. The molecule has 0 radical (unpaired) electrons. The van der Waals surface area contributed by atoms with Crippen LogP contribution in [0.25, 0.3) is 0 Å². The molecule has 0 atom stereocenters. The van der Waals surface area contributed by atoms with Gasteiger partial charge >= 0.3 is 0 Å². The fourth-order valence-corrected chi connectivity index (χ4v) is 1.96. The molecule has 5 nitrogen and oxygen atoms in total. The molecule has 0 spiro atoms. The van der Waals surface area contributed by atoms with Gasteiger partial charge in [0.1, 0.15) is 12.4 Å². The Morgan fingerprint density at radius 2 is 2.10 bits per heavy atom. The van der Waals surface area contributed by atoms with Crippen molar-refractivity contribution >= 4 is 17.3 Å². The Morgan fingerprint density at radius 1 is 1.40 bits per heavy atom. The van der Waals surface area contributed by atoms with Gasteiger partial charge in [0.25, 0.3) is 0 Å². The van der Waals surface area contributed by atoms with E-state index in [2.05, 4.69) is 10.4 Å². The summed E-state index contributed by atoms with van der Waals surface area (Å²) in [7, 11) is 0. The average molecular weight is 276 g/mol. The lowest BCUT2D eigenvalue weighted by atomic mass is 10.2. The third kappa shape index (κ3) is 2.79. The fourth-order valence-electron chi connectivity index (χ4n) is 1.96. The Morgan fingerprint density at radius 3 is 2.65 bits per heavy atom. The largest absolute Gasteiger partial charge is 0.396 e. The lowest BCUT2D eigenvalue weighted by molar-refractivity contribution is -0.116.